The maximum atomic E-state index is 12.9. The summed E-state index contributed by atoms with van der Waals surface area (Å²) in [6.07, 6.45) is 2.31. The third-order valence-electron chi connectivity index (χ3n) is 4.96. The molecule has 0 atom stereocenters. The fourth-order valence-corrected chi connectivity index (χ4v) is 3.27. The monoisotopic (exact) mass is 311 g/mol. The molecule has 120 valence electrons. The number of carbonyl (C=O) groups is 1. The van der Waals surface area contributed by atoms with E-state index in [2.05, 4.69) is 31.2 Å². The van der Waals surface area contributed by atoms with Gasteiger partial charge in [0, 0.05) is 13.1 Å². The predicted octanol–water partition coefficient (Wildman–Crippen LogP) is 3.95. The Labute approximate surface area is 136 Å². The van der Waals surface area contributed by atoms with Crippen LogP contribution in [0.25, 0.3) is 0 Å². The van der Waals surface area contributed by atoms with E-state index in [1.54, 1.807) is 12.1 Å². The summed E-state index contributed by atoms with van der Waals surface area (Å²) in [7, 11) is 0. The summed E-state index contributed by atoms with van der Waals surface area (Å²) in [6, 6.07) is 16.7. The Morgan fingerprint density at radius 3 is 2.26 bits per heavy atom. The van der Waals surface area contributed by atoms with Gasteiger partial charge in [0.05, 0.1) is 6.42 Å². The van der Waals surface area contributed by atoms with Gasteiger partial charge in [-0.25, -0.2) is 4.39 Å². The van der Waals surface area contributed by atoms with Crippen molar-refractivity contribution in [3.8, 4) is 0 Å². The van der Waals surface area contributed by atoms with Gasteiger partial charge in [0.1, 0.15) is 5.82 Å². The van der Waals surface area contributed by atoms with Crippen LogP contribution in [0.4, 0.5) is 4.39 Å². The first kappa shape index (κ1) is 15.7. The number of amides is 1. The second kappa shape index (κ2) is 6.53. The van der Waals surface area contributed by atoms with Crippen LogP contribution in [0.3, 0.4) is 0 Å². The Bertz CT molecular complexity index is 658. The lowest BCUT2D eigenvalue weighted by atomic mass is 9.74. The number of nitrogens with zero attached hydrogens (tertiary/aromatic N) is 1. The minimum atomic E-state index is -0.266. The molecule has 2 nitrogen and oxygen atoms in total. The van der Waals surface area contributed by atoms with Gasteiger partial charge < -0.3 is 4.90 Å². The van der Waals surface area contributed by atoms with E-state index in [0.29, 0.717) is 6.42 Å². The summed E-state index contributed by atoms with van der Waals surface area (Å²) in [4.78, 5) is 14.4. The molecule has 3 heteroatoms. The van der Waals surface area contributed by atoms with E-state index in [1.165, 1.54) is 17.7 Å². The van der Waals surface area contributed by atoms with Crippen molar-refractivity contribution in [3.05, 3.63) is 71.5 Å². The first-order chi connectivity index (χ1) is 11.1. The van der Waals surface area contributed by atoms with Crippen LogP contribution in [0.5, 0.6) is 0 Å². The Kier molecular flexibility index (Phi) is 4.46. The van der Waals surface area contributed by atoms with Gasteiger partial charge in [-0.3, -0.25) is 4.79 Å². The van der Waals surface area contributed by atoms with E-state index in [9.17, 15) is 9.18 Å². The fourth-order valence-electron chi connectivity index (χ4n) is 3.27. The lowest BCUT2D eigenvalue weighted by Gasteiger charge is -2.40. The van der Waals surface area contributed by atoms with Crippen molar-refractivity contribution in [2.75, 3.05) is 13.1 Å². The smallest absolute Gasteiger partial charge is 0.226 e. The van der Waals surface area contributed by atoms with Gasteiger partial charge in [-0.1, -0.05) is 49.4 Å². The van der Waals surface area contributed by atoms with Crippen LogP contribution in [0.15, 0.2) is 54.6 Å². The van der Waals surface area contributed by atoms with E-state index in [1.807, 2.05) is 11.0 Å². The molecule has 0 N–H and O–H groups in total. The summed E-state index contributed by atoms with van der Waals surface area (Å²) in [5, 5.41) is 0. The second-order valence-corrected chi connectivity index (χ2v) is 6.61. The molecule has 23 heavy (non-hydrogen) atoms. The van der Waals surface area contributed by atoms with Gasteiger partial charge in [0.15, 0.2) is 0 Å². The molecule has 0 aromatic heterocycles. The third-order valence-corrected chi connectivity index (χ3v) is 4.96. The van der Waals surface area contributed by atoms with Crippen molar-refractivity contribution >= 4 is 5.91 Å². The number of hydrogen-bond acceptors (Lipinski definition) is 1. The summed E-state index contributed by atoms with van der Waals surface area (Å²) in [6.45, 7) is 3.85. The summed E-state index contributed by atoms with van der Waals surface area (Å²) in [5.74, 6) is -0.135. The first-order valence-electron chi connectivity index (χ1n) is 8.15. The molecule has 1 amide bonds. The average molecular weight is 311 g/mol. The third kappa shape index (κ3) is 3.61. The van der Waals surface area contributed by atoms with Gasteiger partial charge >= 0.3 is 0 Å². The van der Waals surface area contributed by atoms with E-state index >= 15 is 0 Å². The molecular formula is C20H22FNO. The minimum absolute atomic E-state index is 0.131. The zero-order chi connectivity index (χ0) is 16.3. The van der Waals surface area contributed by atoms with Gasteiger partial charge in [0.25, 0.3) is 0 Å². The Morgan fingerprint density at radius 1 is 1.04 bits per heavy atom. The second-order valence-electron chi connectivity index (χ2n) is 6.61. The highest BCUT2D eigenvalue weighted by molar-refractivity contribution is 5.78. The molecule has 0 bridgehead atoms. The molecule has 0 unspecified atom stereocenters. The minimum Gasteiger partial charge on any atom is -0.342 e. The van der Waals surface area contributed by atoms with Crippen LogP contribution in [0.2, 0.25) is 0 Å². The number of halogens is 1. The fraction of sp³-hybridized carbons (Fsp3) is 0.350. The maximum absolute atomic E-state index is 12.9. The van der Waals surface area contributed by atoms with Crippen LogP contribution >= 0.6 is 0 Å². The van der Waals surface area contributed by atoms with E-state index in [4.69, 9.17) is 0 Å². The van der Waals surface area contributed by atoms with Crippen LogP contribution in [-0.4, -0.2) is 23.9 Å². The molecule has 0 aliphatic carbocycles. The zero-order valence-electron chi connectivity index (χ0n) is 13.5. The van der Waals surface area contributed by atoms with Crippen molar-refractivity contribution in [2.24, 2.45) is 0 Å². The van der Waals surface area contributed by atoms with Gasteiger partial charge in [-0.05, 0) is 41.5 Å². The standard InChI is InChI=1S/C20H22FNO/c1-20(17-5-3-2-4-6-17)11-13-22(14-12-20)19(23)15-16-7-9-18(21)10-8-16/h2-10H,11-15H2,1H3. The molecular weight excluding hydrogens is 289 g/mol. The molecule has 1 fully saturated rings. The predicted molar refractivity (Wildman–Crippen MR) is 89.7 cm³/mol. The topological polar surface area (TPSA) is 20.3 Å². The van der Waals surface area contributed by atoms with Crippen molar-refractivity contribution in [1.29, 1.82) is 0 Å². The van der Waals surface area contributed by atoms with E-state index in [-0.39, 0.29) is 17.1 Å². The largest absolute Gasteiger partial charge is 0.342 e. The van der Waals surface area contributed by atoms with Crippen LogP contribution in [0, 0.1) is 5.82 Å². The molecule has 0 spiro atoms. The van der Waals surface area contributed by atoms with Crippen LogP contribution < -0.4 is 0 Å². The van der Waals surface area contributed by atoms with Gasteiger partial charge in [-0.15, -0.1) is 0 Å². The van der Waals surface area contributed by atoms with Crippen molar-refractivity contribution in [3.63, 3.8) is 0 Å². The number of hydrogen-bond donors (Lipinski definition) is 0. The molecule has 2 aromatic carbocycles. The normalized spacial score (nSPS) is 17.0. The summed E-state index contributed by atoms with van der Waals surface area (Å²) < 4.78 is 12.9. The SMILES string of the molecule is CC1(c2ccccc2)CCN(C(=O)Cc2ccc(F)cc2)CC1. The summed E-state index contributed by atoms with van der Waals surface area (Å²) >= 11 is 0. The van der Waals surface area contributed by atoms with Crippen molar-refractivity contribution in [2.45, 2.75) is 31.6 Å². The highest BCUT2D eigenvalue weighted by atomic mass is 19.1. The number of likely N-dealkylation sites (tertiary alicyclic amines) is 1. The highest BCUT2D eigenvalue weighted by Gasteiger charge is 2.33. The molecule has 1 aliphatic rings. The Hall–Kier alpha value is -2.16. The number of benzene rings is 2. The molecule has 2 aromatic rings. The number of carbonyl (C=O) groups excluding carboxylic acids is 1. The molecule has 3 rings (SSSR count). The molecule has 0 radical (unpaired) electrons. The van der Waals surface area contributed by atoms with Gasteiger partial charge in [0.2, 0.25) is 5.91 Å². The molecule has 0 saturated carbocycles. The van der Waals surface area contributed by atoms with E-state index < -0.39 is 0 Å². The van der Waals surface area contributed by atoms with Gasteiger partial charge in [-0.2, -0.15) is 0 Å². The number of piperidine rings is 1. The Morgan fingerprint density at radius 2 is 1.65 bits per heavy atom. The van der Waals surface area contributed by atoms with Crippen molar-refractivity contribution < 1.29 is 9.18 Å². The quantitative estimate of drug-likeness (QED) is 0.840. The van der Waals surface area contributed by atoms with Crippen LogP contribution in [-0.2, 0) is 16.6 Å². The average Bonchev–Trinajstić information content (AvgIpc) is 2.58. The molecule has 1 saturated heterocycles. The number of rotatable bonds is 3. The Balaban J connectivity index is 1.60. The lowest BCUT2D eigenvalue weighted by molar-refractivity contribution is -0.132. The lowest BCUT2D eigenvalue weighted by Crippen LogP contribution is -2.44. The molecule has 1 aliphatic heterocycles. The summed E-state index contributed by atoms with van der Waals surface area (Å²) in [5.41, 5.74) is 2.37. The van der Waals surface area contributed by atoms with E-state index in [0.717, 1.165) is 31.5 Å². The van der Waals surface area contributed by atoms with Crippen molar-refractivity contribution in [1.82, 2.24) is 4.90 Å². The highest BCUT2D eigenvalue weighted by Crippen LogP contribution is 2.34. The zero-order valence-corrected chi connectivity index (χ0v) is 13.5. The molecule has 1 heterocycles. The maximum Gasteiger partial charge on any atom is 0.226 e. The first-order valence-corrected chi connectivity index (χ1v) is 8.15. The van der Waals surface area contributed by atoms with Crippen LogP contribution in [0.1, 0.15) is 30.9 Å².